The van der Waals surface area contributed by atoms with Crippen molar-refractivity contribution in [2.24, 2.45) is 0 Å². The highest BCUT2D eigenvalue weighted by Gasteiger charge is 2.20. The van der Waals surface area contributed by atoms with Gasteiger partial charge in [0.15, 0.2) is 0 Å². The van der Waals surface area contributed by atoms with Crippen molar-refractivity contribution in [1.82, 2.24) is 14.8 Å². The van der Waals surface area contributed by atoms with Crippen molar-refractivity contribution < 1.29 is 14.3 Å². The number of carbonyl (C=O) groups is 2. The number of ether oxygens (including phenoxy) is 1. The Labute approximate surface area is 182 Å². The number of para-hydroxylation sites is 1. The topological polar surface area (TPSA) is 87.4 Å². The van der Waals surface area contributed by atoms with E-state index in [4.69, 9.17) is 4.74 Å². The van der Waals surface area contributed by atoms with Crippen LogP contribution in [0.25, 0.3) is 17.0 Å². The molecule has 2 aliphatic rings. The van der Waals surface area contributed by atoms with Crippen molar-refractivity contribution in [1.29, 1.82) is 5.26 Å². The molecule has 0 radical (unpaired) electrons. The number of likely N-dealkylation sites (tertiary alicyclic amines) is 1. The fourth-order valence-corrected chi connectivity index (χ4v) is 4.32. The molecule has 1 aromatic carbocycles. The van der Waals surface area contributed by atoms with E-state index in [-0.39, 0.29) is 24.1 Å². The molecule has 2 amide bonds. The number of nitriles is 1. The third-order valence-electron chi connectivity index (χ3n) is 6.01. The second-order valence-corrected chi connectivity index (χ2v) is 8.19. The molecule has 2 aliphatic heterocycles. The predicted octanol–water partition coefficient (Wildman–Crippen LogP) is 2.86. The summed E-state index contributed by atoms with van der Waals surface area (Å²) in [6.45, 7) is 3.01. The minimum atomic E-state index is -0.403. The molecule has 0 spiro atoms. The van der Waals surface area contributed by atoms with Crippen molar-refractivity contribution in [3.8, 4) is 6.07 Å². The lowest BCUT2D eigenvalue weighted by Gasteiger charge is -2.27. The number of nitrogens with zero attached hydrogens (tertiary/aromatic N) is 3. The lowest BCUT2D eigenvalue weighted by atomic mass is 10.1. The van der Waals surface area contributed by atoms with E-state index in [1.807, 2.05) is 46.0 Å². The molecule has 3 heterocycles. The molecule has 2 saturated heterocycles. The molecule has 2 fully saturated rings. The van der Waals surface area contributed by atoms with Crippen LogP contribution in [0.5, 0.6) is 0 Å². The van der Waals surface area contributed by atoms with E-state index in [1.54, 1.807) is 6.08 Å². The minimum Gasteiger partial charge on any atom is -0.376 e. The quantitative estimate of drug-likeness (QED) is 0.575. The molecule has 7 heteroatoms. The molecule has 1 aromatic heterocycles. The molecule has 2 aromatic rings. The maximum Gasteiger partial charge on any atom is 0.262 e. The molecular weight excluding hydrogens is 392 g/mol. The summed E-state index contributed by atoms with van der Waals surface area (Å²) in [6.07, 6.45) is 8.69. The molecule has 31 heavy (non-hydrogen) atoms. The standard InChI is InChI=1S/C24H28N4O3/c25-14-18(24(30)26-15-20-7-6-12-31-20)13-19-16-28(22-9-3-2-8-21(19)22)17-23(29)27-10-4-1-5-11-27/h2-3,8-9,13,16,20H,1,4-7,10-12,15,17H2,(H,26,30)/b18-13+/t20-/m1/s1. The fraction of sp³-hybridized carbons (Fsp3) is 0.458. The first-order chi connectivity index (χ1) is 15.2. The highest BCUT2D eigenvalue weighted by Crippen LogP contribution is 2.24. The van der Waals surface area contributed by atoms with Gasteiger partial charge in [-0.25, -0.2) is 0 Å². The zero-order valence-corrected chi connectivity index (χ0v) is 17.7. The maximum absolute atomic E-state index is 12.8. The number of rotatable bonds is 6. The molecule has 4 rings (SSSR count). The van der Waals surface area contributed by atoms with Gasteiger partial charge in [-0.1, -0.05) is 18.2 Å². The zero-order valence-electron chi connectivity index (χ0n) is 17.7. The normalized spacial score (nSPS) is 19.4. The molecule has 0 bridgehead atoms. The van der Waals surface area contributed by atoms with Gasteiger partial charge in [0.05, 0.1) is 6.10 Å². The number of fused-ring (bicyclic) bond motifs is 1. The largest absolute Gasteiger partial charge is 0.376 e. The summed E-state index contributed by atoms with van der Waals surface area (Å²) in [5, 5.41) is 13.3. The first kappa shape index (κ1) is 21.1. The highest BCUT2D eigenvalue weighted by molar-refractivity contribution is 6.04. The Bertz CT molecular complexity index is 1020. The van der Waals surface area contributed by atoms with Crippen LogP contribution in [0.3, 0.4) is 0 Å². The molecule has 0 aliphatic carbocycles. The maximum atomic E-state index is 12.8. The molecule has 0 saturated carbocycles. The van der Waals surface area contributed by atoms with Gasteiger partial charge in [0.1, 0.15) is 18.2 Å². The Kier molecular flexibility index (Phi) is 6.68. The van der Waals surface area contributed by atoms with Gasteiger partial charge in [-0.15, -0.1) is 0 Å². The van der Waals surface area contributed by atoms with E-state index in [9.17, 15) is 14.9 Å². The summed E-state index contributed by atoms with van der Waals surface area (Å²) in [4.78, 5) is 27.2. The van der Waals surface area contributed by atoms with Gasteiger partial charge in [-0.05, 0) is 44.2 Å². The summed E-state index contributed by atoms with van der Waals surface area (Å²) in [5.74, 6) is -0.301. The average Bonchev–Trinajstić information content (AvgIpc) is 3.45. The van der Waals surface area contributed by atoms with E-state index in [1.165, 1.54) is 6.42 Å². The number of amides is 2. The molecule has 162 valence electrons. The summed E-state index contributed by atoms with van der Waals surface area (Å²) in [5.41, 5.74) is 1.71. The number of aromatic nitrogens is 1. The molecule has 0 unspecified atom stereocenters. The van der Waals surface area contributed by atoms with Crippen LogP contribution in [-0.4, -0.2) is 53.6 Å². The minimum absolute atomic E-state index is 0.0200. The van der Waals surface area contributed by atoms with E-state index < -0.39 is 5.91 Å². The van der Waals surface area contributed by atoms with E-state index >= 15 is 0 Å². The van der Waals surface area contributed by atoms with Crippen molar-refractivity contribution in [2.45, 2.75) is 44.8 Å². The van der Waals surface area contributed by atoms with Crippen LogP contribution in [0.2, 0.25) is 0 Å². The number of hydrogen-bond acceptors (Lipinski definition) is 4. The van der Waals surface area contributed by atoms with E-state index in [0.29, 0.717) is 6.54 Å². The first-order valence-electron chi connectivity index (χ1n) is 11.0. The van der Waals surface area contributed by atoms with Gasteiger partial charge in [0.25, 0.3) is 5.91 Å². The van der Waals surface area contributed by atoms with E-state index in [2.05, 4.69) is 5.32 Å². The average molecular weight is 421 g/mol. The SMILES string of the molecule is N#C/C(=C\c1cn(CC(=O)N2CCCCC2)c2ccccc12)C(=O)NC[C@H]1CCCO1. The van der Waals surface area contributed by atoms with Gasteiger partial charge >= 0.3 is 0 Å². The van der Waals surface area contributed by atoms with Crippen LogP contribution in [-0.2, 0) is 20.9 Å². The molecule has 7 nitrogen and oxygen atoms in total. The Morgan fingerprint density at radius 1 is 1.19 bits per heavy atom. The van der Waals surface area contributed by atoms with Crippen LogP contribution in [0.15, 0.2) is 36.0 Å². The fourth-order valence-electron chi connectivity index (χ4n) is 4.32. The monoisotopic (exact) mass is 420 g/mol. The number of benzene rings is 1. The van der Waals surface area contributed by atoms with Gasteiger partial charge in [-0.3, -0.25) is 9.59 Å². The second-order valence-electron chi connectivity index (χ2n) is 8.19. The summed E-state index contributed by atoms with van der Waals surface area (Å²) < 4.78 is 7.44. The molecule has 1 N–H and O–H groups in total. The zero-order chi connectivity index (χ0) is 21.6. The Balaban J connectivity index is 1.54. The van der Waals surface area contributed by atoms with Crippen molar-refractivity contribution in [2.75, 3.05) is 26.2 Å². The van der Waals surface area contributed by atoms with Crippen LogP contribution >= 0.6 is 0 Å². The van der Waals surface area contributed by atoms with Crippen molar-refractivity contribution in [3.05, 3.63) is 41.6 Å². The third-order valence-corrected chi connectivity index (χ3v) is 6.01. The molecular formula is C24H28N4O3. The summed E-state index contributed by atoms with van der Waals surface area (Å²) in [7, 11) is 0. The summed E-state index contributed by atoms with van der Waals surface area (Å²) in [6, 6.07) is 9.77. The van der Waals surface area contributed by atoms with Gasteiger partial charge < -0.3 is 19.5 Å². The number of nitrogens with one attached hydrogen (secondary N) is 1. The summed E-state index contributed by atoms with van der Waals surface area (Å²) >= 11 is 0. The smallest absolute Gasteiger partial charge is 0.262 e. The van der Waals surface area contributed by atoms with Gasteiger partial charge in [0, 0.05) is 48.9 Å². The lowest BCUT2D eigenvalue weighted by Crippen LogP contribution is -2.37. The van der Waals surface area contributed by atoms with Gasteiger partial charge in [-0.2, -0.15) is 5.26 Å². The molecule has 1 atom stereocenters. The number of carbonyl (C=O) groups excluding carboxylic acids is 2. The lowest BCUT2D eigenvalue weighted by molar-refractivity contribution is -0.132. The Hall–Kier alpha value is -3.11. The van der Waals surface area contributed by atoms with Crippen molar-refractivity contribution >= 4 is 28.8 Å². The van der Waals surface area contributed by atoms with E-state index in [0.717, 1.165) is 61.8 Å². The van der Waals surface area contributed by atoms with Crippen molar-refractivity contribution in [3.63, 3.8) is 0 Å². The number of hydrogen-bond donors (Lipinski definition) is 1. The Morgan fingerprint density at radius 3 is 2.74 bits per heavy atom. The van der Waals surface area contributed by atoms with Crippen LogP contribution < -0.4 is 5.32 Å². The Morgan fingerprint density at radius 2 is 2.00 bits per heavy atom. The van der Waals surface area contributed by atoms with Crippen LogP contribution in [0.1, 0.15) is 37.7 Å². The highest BCUT2D eigenvalue weighted by atomic mass is 16.5. The third kappa shape index (κ3) is 4.97. The number of piperidine rings is 1. The first-order valence-corrected chi connectivity index (χ1v) is 11.0. The predicted molar refractivity (Wildman–Crippen MR) is 118 cm³/mol. The second kappa shape index (κ2) is 9.80. The van der Waals surface area contributed by atoms with Crippen LogP contribution in [0.4, 0.5) is 0 Å². The van der Waals surface area contributed by atoms with Gasteiger partial charge in [0.2, 0.25) is 5.91 Å². The van der Waals surface area contributed by atoms with Crippen LogP contribution in [0, 0.1) is 11.3 Å².